The van der Waals surface area contributed by atoms with Gasteiger partial charge in [-0.05, 0) is 44.7 Å². The summed E-state index contributed by atoms with van der Waals surface area (Å²) in [7, 11) is 0. The summed E-state index contributed by atoms with van der Waals surface area (Å²) in [6.45, 7) is 4.64. The number of carbonyl (C=O) groups excluding carboxylic acids is 1. The van der Waals surface area contributed by atoms with E-state index in [0.29, 0.717) is 13.1 Å². The van der Waals surface area contributed by atoms with E-state index in [-0.39, 0.29) is 11.9 Å². The molecule has 3 rings (SSSR count). The highest BCUT2D eigenvalue weighted by Crippen LogP contribution is 2.31. The summed E-state index contributed by atoms with van der Waals surface area (Å²) < 4.78 is 7.38. The fourth-order valence-corrected chi connectivity index (χ4v) is 3.71. The van der Waals surface area contributed by atoms with E-state index in [4.69, 9.17) is 4.42 Å². The Morgan fingerprint density at radius 1 is 1.50 bits per heavy atom. The van der Waals surface area contributed by atoms with Crippen LogP contribution in [0.4, 0.5) is 0 Å². The van der Waals surface area contributed by atoms with Crippen LogP contribution in [0.2, 0.25) is 0 Å². The summed E-state index contributed by atoms with van der Waals surface area (Å²) >= 11 is 1.60. The molecule has 1 atom stereocenters. The second-order valence-electron chi connectivity index (χ2n) is 5.77. The number of aromatic nitrogens is 3. The molecular weight excluding hydrogens is 326 g/mol. The van der Waals surface area contributed by atoms with Gasteiger partial charge in [0.05, 0.1) is 25.4 Å². The zero-order valence-electron chi connectivity index (χ0n) is 14.1. The second-order valence-corrected chi connectivity index (χ2v) is 6.55. The molecule has 0 saturated carbocycles. The maximum Gasteiger partial charge on any atom is 0.234 e. The number of hydrogen-bond acceptors (Lipinski definition) is 6. The molecule has 130 valence electrons. The lowest BCUT2D eigenvalue weighted by Gasteiger charge is -2.23. The third-order valence-corrected chi connectivity index (χ3v) is 4.96. The monoisotopic (exact) mass is 349 g/mol. The van der Waals surface area contributed by atoms with Gasteiger partial charge in [-0.3, -0.25) is 9.69 Å². The van der Waals surface area contributed by atoms with E-state index < -0.39 is 0 Å². The molecule has 8 heteroatoms. The maximum atomic E-state index is 12.2. The third-order valence-electron chi connectivity index (χ3n) is 4.29. The SMILES string of the molecule is CCn1c(SC)nnc1[C@@H]1CCCN1CC(=O)NCc1ccco1. The number of nitrogens with zero attached hydrogens (tertiary/aromatic N) is 4. The topological polar surface area (TPSA) is 76.2 Å². The van der Waals surface area contributed by atoms with E-state index in [1.165, 1.54) is 0 Å². The number of furan rings is 1. The van der Waals surface area contributed by atoms with Gasteiger partial charge < -0.3 is 14.3 Å². The summed E-state index contributed by atoms with van der Waals surface area (Å²) in [5, 5.41) is 12.5. The fraction of sp³-hybridized carbons (Fsp3) is 0.562. The lowest BCUT2D eigenvalue weighted by Crippen LogP contribution is -2.37. The molecule has 0 aliphatic carbocycles. The average molecular weight is 349 g/mol. The van der Waals surface area contributed by atoms with Gasteiger partial charge in [0.2, 0.25) is 5.91 Å². The Hall–Kier alpha value is -1.80. The molecule has 0 aromatic carbocycles. The predicted molar refractivity (Wildman–Crippen MR) is 91.6 cm³/mol. The third kappa shape index (κ3) is 3.64. The number of rotatable bonds is 7. The average Bonchev–Trinajstić information content (AvgIpc) is 3.32. The van der Waals surface area contributed by atoms with Gasteiger partial charge in [0.15, 0.2) is 11.0 Å². The summed E-state index contributed by atoms with van der Waals surface area (Å²) in [6.07, 6.45) is 5.70. The molecule has 2 aromatic heterocycles. The van der Waals surface area contributed by atoms with Crippen molar-refractivity contribution in [2.45, 2.75) is 44.1 Å². The highest BCUT2D eigenvalue weighted by Gasteiger charge is 2.31. The van der Waals surface area contributed by atoms with Gasteiger partial charge in [-0.2, -0.15) is 0 Å². The first-order chi connectivity index (χ1) is 11.7. The van der Waals surface area contributed by atoms with Gasteiger partial charge in [-0.15, -0.1) is 10.2 Å². The van der Waals surface area contributed by atoms with Gasteiger partial charge in [0, 0.05) is 6.54 Å². The minimum Gasteiger partial charge on any atom is -0.467 e. The second kappa shape index (κ2) is 7.85. The van der Waals surface area contributed by atoms with Crippen LogP contribution in [0.1, 0.15) is 37.4 Å². The van der Waals surface area contributed by atoms with Crippen LogP contribution >= 0.6 is 11.8 Å². The molecule has 3 heterocycles. The van der Waals surface area contributed by atoms with Crippen LogP contribution in [0, 0.1) is 0 Å². The van der Waals surface area contributed by atoms with Crippen LogP contribution in [-0.4, -0.2) is 44.9 Å². The normalized spacial score (nSPS) is 18.2. The van der Waals surface area contributed by atoms with Crippen LogP contribution in [0.3, 0.4) is 0 Å². The molecule has 1 aliphatic heterocycles. The van der Waals surface area contributed by atoms with Crippen LogP contribution in [0.25, 0.3) is 0 Å². The zero-order valence-corrected chi connectivity index (χ0v) is 14.9. The summed E-state index contributed by atoms with van der Waals surface area (Å²) in [6, 6.07) is 3.83. The maximum absolute atomic E-state index is 12.2. The van der Waals surface area contributed by atoms with Gasteiger partial charge in [0.25, 0.3) is 0 Å². The molecule has 7 nitrogen and oxygen atoms in total. The summed E-state index contributed by atoms with van der Waals surface area (Å²) in [5.74, 6) is 1.74. The van der Waals surface area contributed by atoms with Crippen LogP contribution < -0.4 is 5.32 Å². The zero-order chi connectivity index (χ0) is 16.9. The van der Waals surface area contributed by atoms with Gasteiger partial charge in [0.1, 0.15) is 5.76 Å². The lowest BCUT2D eigenvalue weighted by molar-refractivity contribution is -0.122. The van der Waals surface area contributed by atoms with E-state index in [2.05, 4.69) is 31.9 Å². The first kappa shape index (κ1) is 17.0. The Labute approximate surface area is 145 Å². The quantitative estimate of drug-likeness (QED) is 0.771. The Bertz CT molecular complexity index is 670. The van der Waals surface area contributed by atoms with Crippen molar-refractivity contribution in [1.82, 2.24) is 25.0 Å². The van der Waals surface area contributed by atoms with Crippen molar-refractivity contribution in [3.63, 3.8) is 0 Å². The minimum atomic E-state index is 0.00551. The van der Waals surface area contributed by atoms with Gasteiger partial charge >= 0.3 is 0 Å². The van der Waals surface area contributed by atoms with Crippen molar-refractivity contribution in [1.29, 1.82) is 0 Å². The first-order valence-corrected chi connectivity index (χ1v) is 9.45. The number of nitrogens with one attached hydrogen (secondary N) is 1. The Morgan fingerprint density at radius 3 is 3.08 bits per heavy atom. The number of carbonyl (C=O) groups is 1. The molecule has 0 unspecified atom stereocenters. The van der Waals surface area contributed by atoms with E-state index in [1.807, 2.05) is 18.4 Å². The molecule has 0 bridgehead atoms. The molecule has 1 N–H and O–H groups in total. The molecule has 2 aromatic rings. The minimum absolute atomic E-state index is 0.00551. The van der Waals surface area contributed by atoms with Crippen molar-refractivity contribution >= 4 is 17.7 Å². The van der Waals surface area contributed by atoms with E-state index in [9.17, 15) is 4.79 Å². The number of thioether (sulfide) groups is 1. The summed E-state index contributed by atoms with van der Waals surface area (Å²) in [5.41, 5.74) is 0. The van der Waals surface area contributed by atoms with Crippen molar-refractivity contribution in [2.24, 2.45) is 0 Å². The van der Waals surface area contributed by atoms with E-state index in [1.54, 1.807) is 18.0 Å². The van der Waals surface area contributed by atoms with Crippen LogP contribution in [0.15, 0.2) is 28.0 Å². The number of hydrogen-bond donors (Lipinski definition) is 1. The fourth-order valence-electron chi connectivity index (χ4n) is 3.14. The number of likely N-dealkylation sites (tertiary alicyclic amines) is 1. The standard InChI is InChI=1S/C16H23N5O2S/c1-3-21-15(18-19-16(21)24-2)13-7-4-8-20(13)11-14(22)17-10-12-6-5-9-23-12/h5-6,9,13H,3-4,7-8,10-11H2,1-2H3,(H,17,22)/t13-/m0/s1. The van der Waals surface area contributed by atoms with E-state index in [0.717, 1.165) is 42.7 Å². The molecule has 1 saturated heterocycles. The first-order valence-electron chi connectivity index (χ1n) is 8.23. The molecular formula is C16H23N5O2S. The highest BCUT2D eigenvalue weighted by molar-refractivity contribution is 7.98. The van der Waals surface area contributed by atoms with Gasteiger partial charge in [-0.1, -0.05) is 11.8 Å². The molecule has 1 aliphatic rings. The van der Waals surface area contributed by atoms with Crippen molar-refractivity contribution in [3.8, 4) is 0 Å². The molecule has 1 amide bonds. The predicted octanol–water partition coefficient (Wildman–Crippen LogP) is 2.07. The highest BCUT2D eigenvalue weighted by atomic mass is 32.2. The van der Waals surface area contributed by atoms with Gasteiger partial charge in [-0.25, -0.2) is 0 Å². The van der Waals surface area contributed by atoms with E-state index >= 15 is 0 Å². The molecule has 0 spiro atoms. The Balaban J connectivity index is 1.63. The smallest absolute Gasteiger partial charge is 0.234 e. The molecule has 24 heavy (non-hydrogen) atoms. The van der Waals surface area contributed by atoms with Crippen LogP contribution in [0.5, 0.6) is 0 Å². The number of amides is 1. The molecule has 0 radical (unpaired) electrons. The van der Waals surface area contributed by atoms with Crippen molar-refractivity contribution in [2.75, 3.05) is 19.3 Å². The van der Waals surface area contributed by atoms with Crippen LogP contribution in [-0.2, 0) is 17.9 Å². The summed E-state index contributed by atoms with van der Waals surface area (Å²) in [4.78, 5) is 14.4. The van der Waals surface area contributed by atoms with Crippen molar-refractivity contribution in [3.05, 3.63) is 30.0 Å². The Kier molecular flexibility index (Phi) is 5.57. The molecule has 1 fully saturated rings. The van der Waals surface area contributed by atoms with Crippen molar-refractivity contribution < 1.29 is 9.21 Å². The largest absolute Gasteiger partial charge is 0.467 e. The Morgan fingerprint density at radius 2 is 2.38 bits per heavy atom. The lowest BCUT2D eigenvalue weighted by atomic mass is 10.2.